The maximum atomic E-state index is 12.4. The van der Waals surface area contributed by atoms with Crippen molar-refractivity contribution in [3.63, 3.8) is 0 Å². The molecule has 1 aromatic heterocycles. The first-order valence-corrected chi connectivity index (χ1v) is 8.14. The molecule has 1 aliphatic rings. The van der Waals surface area contributed by atoms with Crippen LogP contribution in [0.2, 0.25) is 0 Å². The predicted molar refractivity (Wildman–Crippen MR) is 86.0 cm³/mol. The van der Waals surface area contributed by atoms with E-state index in [0.717, 1.165) is 23.4 Å². The molecular formula is C15H18N4O2S. The molecule has 0 bridgehead atoms. The van der Waals surface area contributed by atoms with Gasteiger partial charge < -0.3 is 15.0 Å². The maximum absolute atomic E-state index is 12.4. The lowest BCUT2D eigenvalue weighted by Gasteiger charge is -2.35. The van der Waals surface area contributed by atoms with E-state index in [0.29, 0.717) is 19.8 Å². The molecule has 2 amide bonds. The number of ether oxygens (including phenoxy) is 1. The van der Waals surface area contributed by atoms with E-state index in [1.807, 2.05) is 34.5 Å². The van der Waals surface area contributed by atoms with Gasteiger partial charge in [-0.2, -0.15) is 0 Å². The Kier molecular flexibility index (Phi) is 4.65. The van der Waals surface area contributed by atoms with Crippen LogP contribution in [-0.4, -0.2) is 46.3 Å². The van der Waals surface area contributed by atoms with Gasteiger partial charge in [-0.3, -0.25) is 0 Å². The molecule has 22 heavy (non-hydrogen) atoms. The second-order valence-electron chi connectivity index (χ2n) is 5.13. The van der Waals surface area contributed by atoms with Crippen molar-refractivity contribution in [2.24, 2.45) is 0 Å². The Morgan fingerprint density at radius 3 is 2.95 bits per heavy atom. The molecule has 2 heterocycles. The third kappa shape index (κ3) is 3.26. The van der Waals surface area contributed by atoms with E-state index in [9.17, 15) is 4.79 Å². The highest BCUT2D eigenvalue weighted by molar-refractivity contribution is 7.03. The first-order chi connectivity index (χ1) is 10.8. The fraction of sp³-hybridized carbons (Fsp3) is 0.400. The van der Waals surface area contributed by atoms with Gasteiger partial charge in [0.1, 0.15) is 5.69 Å². The number of nitrogens with one attached hydrogen (secondary N) is 1. The van der Waals surface area contributed by atoms with E-state index >= 15 is 0 Å². The molecule has 116 valence electrons. The number of carbonyl (C=O) groups is 1. The van der Waals surface area contributed by atoms with Crippen LogP contribution in [0.1, 0.15) is 13.3 Å². The van der Waals surface area contributed by atoms with Crippen LogP contribution in [0.15, 0.2) is 29.6 Å². The van der Waals surface area contributed by atoms with Gasteiger partial charge in [0.25, 0.3) is 0 Å². The third-order valence-corrected chi connectivity index (χ3v) is 4.26. The highest BCUT2D eigenvalue weighted by Crippen LogP contribution is 2.21. The summed E-state index contributed by atoms with van der Waals surface area (Å²) in [6.45, 7) is 3.91. The van der Waals surface area contributed by atoms with E-state index in [-0.39, 0.29) is 12.1 Å². The number of rotatable bonds is 3. The van der Waals surface area contributed by atoms with Crippen molar-refractivity contribution in [3.05, 3.63) is 29.6 Å². The quantitative estimate of drug-likeness (QED) is 0.945. The van der Waals surface area contributed by atoms with E-state index in [4.69, 9.17) is 4.74 Å². The second kappa shape index (κ2) is 6.85. The molecule has 1 fully saturated rings. The average molecular weight is 318 g/mol. The molecule has 3 rings (SSSR count). The summed E-state index contributed by atoms with van der Waals surface area (Å²) in [5, 5.41) is 8.87. The Hall–Kier alpha value is -1.99. The molecule has 1 saturated heterocycles. The molecule has 1 N–H and O–H groups in total. The molecule has 0 saturated carbocycles. The van der Waals surface area contributed by atoms with Gasteiger partial charge in [-0.25, -0.2) is 4.79 Å². The van der Waals surface area contributed by atoms with Gasteiger partial charge in [0, 0.05) is 23.2 Å². The van der Waals surface area contributed by atoms with Crippen molar-refractivity contribution < 1.29 is 9.53 Å². The summed E-state index contributed by atoms with van der Waals surface area (Å²) in [5.41, 5.74) is 2.62. The second-order valence-corrected chi connectivity index (χ2v) is 5.74. The van der Waals surface area contributed by atoms with Gasteiger partial charge in [-0.05, 0) is 30.1 Å². The average Bonchev–Trinajstić information content (AvgIpc) is 3.10. The van der Waals surface area contributed by atoms with Gasteiger partial charge in [0.15, 0.2) is 0 Å². The molecule has 1 unspecified atom stereocenters. The summed E-state index contributed by atoms with van der Waals surface area (Å²) in [6, 6.07) is 7.71. The van der Waals surface area contributed by atoms with Crippen LogP contribution in [0.25, 0.3) is 11.3 Å². The number of carbonyl (C=O) groups excluding carboxylic acids is 1. The van der Waals surface area contributed by atoms with Crippen LogP contribution in [0.4, 0.5) is 10.5 Å². The molecule has 1 aromatic carbocycles. The molecular weight excluding hydrogens is 300 g/mol. The fourth-order valence-corrected chi connectivity index (χ4v) is 2.94. The SMILES string of the molecule is CCC1COCCN1C(=O)Nc1ccc(-c2csnn2)cc1. The Morgan fingerprint density at radius 2 is 2.27 bits per heavy atom. The van der Waals surface area contributed by atoms with Crippen LogP contribution < -0.4 is 5.32 Å². The van der Waals surface area contributed by atoms with Gasteiger partial charge >= 0.3 is 6.03 Å². The Balaban J connectivity index is 1.66. The molecule has 2 aromatic rings. The van der Waals surface area contributed by atoms with Crippen LogP contribution in [-0.2, 0) is 4.74 Å². The predicted octanol–water partition coefficient (Wildman–Crippen LogP) is 2.85. The van der Waals surface area contributed by atoms with E-state index in [1.54, 1.807) is 0 Å². The van der Waals surface area contributed by atoms with E-state index in [1.165, 1.54) is 11.5 Å². The topological polar surface area (TPSA) is 67.3 Å². The summed E-state index contributed by atoms with van der Waals surface area (Å²) in [6.07, 6.45) is 0.892. The van der Waals surface area contributed by atoms with Gasteiger partial charge in [-0.15, -0.1) is 5.10 Å². The first kappa shape index (κ1) is 14.9. The highest BCUT2D eigenvalue weighted by Gasteiger charge is 2.25. The Bertz CT molecular complexity index is 615. The summed E-state index contributed by atoms with van der Waals surface area (Å²) in [5.74, 6) is 0. The highest BCUT2D eigenvalue weighted by atomic mass is 32.1. The number of hydrogen-bond acceptors (Lipinski definition) is 5. The molecule has 0 spiro atoms. The van der Waals surface area contributed by atoms with Gasteiger partial charge in [0.2, 0.25) is 0 Å². The number of morpholine rings is 1. The lowest BCUT2D eigenvalue weighted by Crippen LogP contribution is -2.50. The molecule has 0 radical (unpaired) electrons. The number of nitrogens with zero attached hydrogens (tertiary/aromatic N) is 3. The van der Waals surface area contributed by atoms with Crippen molar-refractivity contribution in [1.82, 2.24) is 14.5 Å². The van der Waals surface area contributed by atoms with Crippen molar-refractivity contribution in [3.8, 4) is 11.3 Å². The Labute approximate surface area is 133 Å². The summed E-state index contributed by atoms with van der Waals surface area (Å²) in [4.78, 5) is 14.2. The Morgan fingerprint density at radius 1 is 1.45 bits per heavy atom. The van der Waals surface area contributed by atoms with Crippen molar-refractivity contribution in [1.29, 1.82) is 0 Å². The number of amides is 2. The van der Waals surface area contributed by atoms with Crippen LogP contribution in [0.5, 0.6) is 0 Å². The first-order valence-electron chi connectivity index (χ1n) is 7.31. The largest absolute Gasteiger partial charge is 0.377 e. The lowest BCUT2D eigenvalue weighted by molar-refractivity contribution is 0.0144. The van der Waals surface area contributed by atoms with E-state index in [2.05, 4.69) is 21.8 Å². The zero-order chi connectivity index (χ0) is 15.4. The summed E-state index contributed by atoms with van der Waals surface area (Å²) in [7, 11) is 0. The third-order valence-electron chi connectivity index (χ3n) is 3.75. The number of benzene rings is 1. The maximum Gasteiger partial charge on any atom is 0.322 e. The zero-order valence-electron chi connectivity index (χ0n) is 12.4. The van der Waals surface area contributed by atoms with Crippen LogP contribution in [0.3, 0.4) is 0 Å². The normalized spacial score (nSPS) is 18.2. The number of anilines is 1. The number of urea groups is 1. The molecule has 0 aliphatic carbocycles. The van der Waals surface area contributed by atoms with Crippen molar-refractivity contribution in [2.45, 2.75) is 19.4 Å². The molecule has 7 heteroatoms. The van der Waals surface area contributed by atoms with Gasteiger partial charge in [0.05, 0.1) is 19.3 Å². The van der Waals surface area contributed by atoms with Gasteiger partial charge in [-0.1, -0.05) is 23.5 Å². The molecule has 1 atom stereocenters. The standard InChI is InChI=1S/C15H18N4O2S/c1-2-13-9-21-8-7-19(13)15(20)16-12-5-3-11(4-6-12)14-10-22-18-17-14/h3-6,10,13H,2,7-9H2,1H3,(H,16,20). The monoisotopic (exact) mass is 318 g/mol. The zero-order valence-corrected chi connectivity index (χ0v) is 13.2. The number of hydrogen-bond donors (Lipinski definition) is 1. The van der Waals surface area contributed by atoms with Crippen molar-refractivity contribution in [2.75, 3.05) is 25.1 Å². The minimum atomic E-state index is -0.0711. The summed E-state index contributed by atoms with van der Waals surface area (Å²) < 4.78 is 9.28. The minimum Gasteiger partial charge on any atom is -0.377 e. The summed E-state index contributed by atoms with van der Waals surface area (Å²) >= 11 is 1.32. The van der Waals surface area contributed by atoms with Crippen LogP contribution in [0, 0.1) is 0 Å². The smallest absolute Gasteiger partial charge is 0.322 e. The lowest BCUT2D eigenvalue weighted by atomic mass is 10.1. The molecule has 1 aliphatic heterocycles. The number of aromatic nitrogens is 2. The minimum absolute atomic E-state index is 0.0711. The van der Waals surface area contributed by atoms with Crippen LogP contribution >= 0.6 is 11.5 Å². The van der Waals surface area contributed by atoms with Crippen molar-refractivity contribution >= 4 is 23.3 Å². The van der Waals surface area contributed by atoms with E-state index < -0.39 is 0 Å². The fourth-order valence-electron chi connectivity index (χ4n) is 2.47. The molecule has 6 nitrogen and oxygen atoms in total.